The summed E-state index contributed by atoms with van der Waals surface area (Å²) in [4.78, 5) is 13.3. The van der Waals surface area contributed by atoms with Crippen molar-refractivity contribution in [3.05, 3.63) is 18.1 Å². The molecule has 0 aliphatic carbocycles. The molecule has 3 rings (SSSR count). The molecule has 0 aromatic carbocycles. The van der Waals surface area contributed by atoms with Crippen LogP contribution in [0.5, 0.6) is 0 Å². The van der Waals surface area contributed by atoms with Gasteiger partial charge in [-0.3, -0.25) is 0 Å². The molecule has 0 radical (unpaired) electrons. The first-order valence-electron chi connectivity index (χ1n) is 7.88. The average molecular weight is 304 g/mol. The van der Waals surface area contributed by atoms with Crippen LogP contribution in [-0.4, -0.2) is 70.9 Å². The highest BCUT2D eigenvalue weighted by Gasteiger charge is 2.23. The van der Waals surface area contributed by atoms with Crippen molar-refractivity contribution in [1.29, 1.82) is 0 Å². The molecule has 0 saturated carbocycles. The molecule has 7 nitrogen and oxygen atoms in total. The van der Waals surface area contributed by atoms with Crippen molar-refractivity contribution < 1.29 is 4.74 Å². The van der Waals surface area contributed by atoms with Gasteiger partial charge in [0.15, 0.2) is 0 Å². The molecule has 3 heterocycles. The van der Waals surface area contributed by atoms with Gasteiger partial charge in [-0.1, -0.05) is 13.3 Å². The van der Waals surface area contributed by atoms with E-state index in [4.69, 9.17) is 4.74 Å². The fraction of sp³-hybridized carbons (Fsp3) is 0.667. The standard InChI is InChI=1S/C15H24N6O/c1-4-5-12-8-14(21-15(18-12)16-11-17-21)20-6-7-22-13(10-20)9-19(2)3/h8,11,13H,4-7,9-10H2,1-3H3/t13-/m1/s1. The molecule has 0 spiro atoms. The number of rotatable bonds is 5. The molecule has 0 bridgehead atoms. The SMILES string of the molecule is CCCc1cc(N2CCO[C@H](CN(C)C)C2)n2ncnc2n1. The van der Waals surface area contributed by atoms with Crippen LogP contribution in [0, 0.1) is 0 Å². The van der Waals surface area contributed by atoms with Gasteiger partial charge in [0, 0.05) is 31.4 Å². The van der Waals surface area contributed by atoms with Crippen molar-refractivity contribution in [2.45, 2.75) is 25.9 Å². The molecule has 0 N–H and O–H groups in total. The number of ether oxygens (including phenoxy) is 1. The molecule has 0 unspecified atom stereocenters. The summed E-state index contributed by atoms with van der Waals surface area (Å²) in [6.07, 6.45) is 3.81. The van der Waals surface area contributed by atoms with Gasteiger partial charge in [0.25, 0.3) is 5.78 Å². The van der Waals surface area contributed by atoms with Gasteiger partial charge in [0.05, 0.1) is 12.7 Å². The second kappa shape index (κ2) is 6.58. The Bertz CT molecular complexity index is 626. The van der Waals surface area contributed by atoms with E-state index in [1.165, 1.54) is 0 Å². The zero-order chi connectivity index (χ0) is 15.5. The third kappa shape index (κ3) is 3.20. The van der Waals surface area contributed by atoms with Crippen LogP contribution in [0.25, 0.3) is 5.78 Å². The fourth-order valence-corrected chi connectivity index (χ4v) is 2.90. The first kappa shape index (κ1) is 15.2. The maximum Gasteiger partial charge on any atom is 0.254 e. The topological polar surface area (TPSA) is 58.8 Å². The average Bonchev–Trinajstić information content (AvgIpc) is 2.94. The van der Waals surface area contributed by atoms with Crippen molar-refractivity contribution in [1.82, 2.24) is 24.5 Å². The van der Waals surface area contributed by atoms with E-state index in [1.54, 1.807) is 6.33 Å². The summed E-state index contributed by atoms with van der Waals surface area (Å²) in [5.41, 5.74) is 1.08. The molecular formula is C15H24N6O. The first-order valence-corrected chi connectivity index (χ1v) is 7.88. The highest BCUT2D eigenvalue weighted by atomic mass is 16.5. The van der Waals surface area contributed by atoms with Gasteiger partial charge >= 0.3 is 0 Å². The predicted molar refractivity (Wildman–Crippen MR) is 85.3 cm³/mol. The second-order valence-corrected chi connectivity index (χ2v) is 6.03. The van der Waals surface area contributed by atoms with Gasteiger partial charge in [0.2, 0.25) is 0 Å². The van der Waals surface area contributed by atoms with Crippen LogP contribution < -0.4 is 4.90 Å². The Morgan fingerprint density at radius 1 is 1.41 bits per heavy atom. The van der Waals surface area contributed by atoms with E-state index < -0.39 is 0 Å². The number of morpholine rings is 1. The smallest absolute Gasteiger partial charge is 0.254 e. The van der Waals surface area contributed by atoms with Crippen LogP contribution in [0.15, 0.2) is 12.4 Å². The Balaban J connectivity index is 1.89. The highest BCUT2D eigenvalue weighted by Crippen LogP contribution is 2.20. The Labute approximate surface area is 130 Å². The molecule has 7 heteroatoms. The minimum Gasteiger partial charge on any atom is -0.373 e. The summed E-state index contributed by atoms with van der Waals surface area (Å²) in [7, 11) is 4.15. The molecule has 2 aromatic heterocycles. The van der Waals surface area contributed by atoms with E-state index in [0.29, 0.717) is 5.78 Å². The molecule has 1 aliphatic rings. The Morgan fingerprint density at radius 2 is 2.27 bits per heavy atom. The van der Waals surface area contributed by atoms with Crippen molar-refractivity contribution in [2.24, 2.45) is 0 Å². The van der Waals surface area contributed by atoms with Crippen LogP contribution in [0.4, 0.5) is 5.82 Å². The van der Waals surface area contributed by atoms with Gasteiger partial charge in [-0.15, -0.1) is 0 Å². The van der Waals surface area contributed by atoms with Gasteiger partial charge in [-0.05, 0) is 20.5 Å². The summed E-state index contributed by atoms with van der Waals surface area (Å²) < 4.78 is 7.70. The normalized spacial score (nSPS) is 19.3. The Kier molecular flexibility index (Phi) is 4.54. The van der Waals surface area contributed by atoms with E-state index in [0.717, 1.165) is 50.6 Å². The zero-order valence-electron chi connectivity index (χ0n) is 13.6. The summed E-state index contributed by atoms with van der Waals surface area (Å²) in [5.74, 6) is 1.75. The van der Waals surface area contributed by atoms with Gasteiger partial charge in [-0.2, -0.15) is 14.6 Å². The number of aromatic nitrogens is 4. The van der Waals surface area contributed by atoms with E-state index in [2.05, 4.69) is 52.0 Å². The van der Waals surface area contributed by atoms with Gasteiger partial charge in [0.1, 0.15) is 12.1 Å². The number of hydrogen-bond acceptors (Lipinski definition) is 6. The minimum absolute atomic E-state index is 0.213. The van der Waals surface area contributed by atoms with E-state index in [1.807, 2.05) is 4.52 Å². The van der Waals surface area contributed by atoms with E-state index >= 15 is 0 Å². The number of nitrogens with zero attached hydrogens (tertiary/aromatic N) is 6. The highest BCUT2D eigenvalue weighted by molar-refractivity contribution is 5.47. The van der Waals surface area contributed by atoms with Crippen molar-refractivity contribution in [3.8, 4) is 0 Å². The lowest BCUT2D eigenvalue weighted by molar-refractivity contribution is 0.0244. The molecule has 120 valence electrons. The lowest BCUT2D eigenvalue weighted by Crippen LogP contribution is -2.47. The van der Waals surface area contributed by atoms with Crippen LogP contribution in [-0.2, 0) is 11.2 Å². The van der Waals surface area contributed by atoms with Crippen LogP contribution in [0.3, 0.4) is 0 Å². The molecule has 1 fully saturated rings. The largest absolute Gasteiger partial charge is 0.373 e. The summed E-state index contributed by atoms with van der Waals surface area (Å²) in [5, 5.41) is 4.33. The summed E-state index contributed by atoms with van der Waals surface area (Å²) in [6.45, 7) is 5.55. The lowest BCUT2D eigenvalue weighted by atomic mass is 10.2. The van der Waals surface area contributed by atoms with Crippen LogP contribution in [0.2, 0.25) is 0 Å². The van der Waals surface area contributed by atoms with E-state index in [-0.39, 0.29) is 6.10 Å². The van der Waals surface area contributed by atoms with Gasteiger partial charge in [-0.25, -0.2) is 4.98 Å². The summed E-state index contributed by atoms with van der Waals surface area (Å²) in [6, 6.07) is 2.14. The van der Waals surface area contributed by atoms with Gasteiger partial charge < -0.3 is 14.5 Å². The minimum atomic E-state index is 0.213. The van der Waals surface area contributed by atoms with Crippen LogP contribution in [0.1, 0.15) is 19.0 Å². The first-order chi connectivity index (χ1) is 10.7. The number of fused-ring (bicyclic) bond motifs is 1. The lowest BCUT2D eigenvalue weighted by Gasteiger charge is -2.35. The number of anilines is 1. The third-order valence-electron chi connectivity index (χ3n) is 3.82. The van der Waals surface area contributed by atoms with E-state index in [9.17, 15) is 0 Å². The number of aryl methyl sites for hydroxylation is 1. The maximum absolute atomic E-state index is 5.87. The number of hydrogen-bond donors (Lipinski definition) is 0. The quantitative estimate of drug-likeness (QED) is 0.816. The molecule has 1 saturated heterocycles. The van der Waals surface area contributed by atoms with Crippen molar-refractivity contribution in [3.63, 3.8) is 0 Å². The Hall–Kier alpha value is -1.73. The molecule has 1 aliphatic heterocycles. The van der Waals surface area contributed by atoms with Crippen molar-refractivity contribution in [2.75, 3.05) is 45.2 Å². The molecule has 2 aromatic rings. The van der Waals surface area contributed by atoms with Crippen molar-refractivity contribution >= 4 is 11.6 Å². The number of likely N-dealkylation sites (N-methyl/N-ethyl adjacent to an activating group) is 1. The third-order valence-corrected chi connectivity index (χ3v) is 3.82. The molecular weight excluding hydrogens is 280 g/mol. The fourth-order valence-electron chi connectivity index (χ4n) is 2.90. The predicted octanol–water partition coefficient (Wildman–Crippen LogP) is 0.844. The molecule has 1 atom stereocenters. The zero-order valence-corrected chi connectivity index (χ0v) is 13.6. The van der Waals surface area contributed by atoms with Crippen LogP contribution >= 0.6 is 0 Å². The molecule has 22 heavy (non-hydrogen) atoms. The Morgan fingerprint density at radius 3 is 3.05 bits per heavy atom. The second-order valence-electron chi connectivity index (χ2n) is 6.03. The monoisotopic (exact) mass is 304 g/mol. The molecule has 0 amide bonds. The summed E-state index contributed by atoms with van der Waals surface area (Å²) >= 11 is 0. The maximum atomic E-state index is 5.87.